The molecular weight excluding hydrogens is 250 g/mol. The quantitative estimate of drug-likeness (QED) is 0.819. The molecule has 20 heavy (non-hydrogen) atoms. The number of aliphatic imine (C=N–C) groups is 1. The lowest BCUT2D eigenvalue weighted by Gasteiger charge is -2.19. The molecule has 1 amide bonds. The van der Waals surface area contributed by atoms with Gasteiger partial charge in [-0.25, -0.2) is 0 Å². The van der Waals surface area contributed by atoms with Crippen molar-refractivity contribution in [2.45, 2.75) is 32.4 Å². The summed E-state index contributed by atoms with van der Waals surface area (Å²) >= 11 is 0. The topological polar surface area (TPSA) is 53.5 Å². The van der Waals surface area contributed by atoms with E-state index in [9.17, 15) is 4.79 Å². The Bertz CT molecular complexity index is 614. The largest absolute Gasteiger partial charge is 0.386 e. The van der Waals surface area contributed by atoms with Gasteiger partial charge in [0.2, 0.25) is 0 Å². The van der Waals surface area contributed by atoms with E-state index >= 15 is 0 Å². The van der Waals surface area contributed by atoms with Gasteiger partial charge in [0, 0.05) is 17.8 Å². The van der Waals surface area contributed by atoms with Crippen LogP contribution in [0, 0.1) is 0 Å². The number of nitrogens with zero attached hydrogens (tertiary/aromatic N) is 1. The Balaban J connectivity index is 2.11. The Kier molecular flexibility index (Phi) is 2.89. The SMILES string of the molecule is CC1=C2C(=NC(C)(C)CN1)C(=O)NC2c1ccccc1. The average molecular weight is 269 g/mol. The molecule has 2 N–H and O–H groups in total. The number of hydrogen-bond donors (Lipinski definition) is 2. The van der Waals surface area contributed by atoms with Gasteiger partial charge in [0.05, 0.1) is 11.6 Å². The minimum absolute atomic E-state index is 0.0787. The van der Waals surface area contributed by atoms with Crippen LogP contribution in [0.5, 0.6) is 0 Å². The molecule has 1 aromatic rings. The molecule has 2 heterocycles. The van der Waals surface area contributed by atoms with Crippen LogP contribution in [-0.2, 0) is 4.79 Å². The predicted octanol–water partition coefficient (Wildman–Crippen LogP) is 1.95. The van der Waals surface area contributed by atoms with E-state index in [-0.39, 0.29) is 17.5 Å². The molecule has 4 heteroatoms. The molecule has 1 fully saturated rings. The summed E-state index contributed by atoms with van der Waals surface area (Å²) in [7, 11) is 0. The van der Waals surface area contributed by atoms with Crippen molar-refractivity contribution in [3.05, 3.63) is 47.2 Å². The third-order valence-corrected chi connectivity index (χ3v) is 3.77. The van der Waals surface area contributed by atoms with E-state index in [1.165, 1.54) is 0 Å². The normalized spacial score (nSPS) is 24.4. The maximum atomic E-state index is 12.3. The molecule has 1 saturated heterocycles. The highest BCUT2D eigenvalue weighted by Gasteiger charge is 2.39. The van der Waals surface area contributed by atoms with Crippen LogP contribution in [0.3, 0.4) is 0 Å². The molecule has 0 aliphatic carbocycles. The summed E-state index contributed by atoms with van der Waals surface area (Å²) in [5, 5.41) is 6.44. The molecule has 3 rings (SSSR count). The third-order valence-electron chi connectivity index (χ3n) is 3.77. The van der Waals surface area contributed by atoms with Crippen molar-refractivity contribution in [2.24, 2.45) is 4.99 Å². The lowest BCUT2D eigenvalue weighted by molar-refractivity contribution is -0.114. The van der Waals surface area contributed by atoms with E-state index in [0.717, 1.165) is 23.4 Å². The number of benzene rings is 1. The fourth-order valence-corrected chi connectivity index (χ4v) is 2.72. The molecule has 0 radical (unpaired) electrons. The molecule has 2 aliphatic rings. The lowest BCUT2D eigenvalue weighted by atomic mass is 9.97. The van der Waals surface area contributed by atoms with Crippen LogP contribution in [0.1, 0.15) is 32.4 Å². The molecule has 2 aliphatic heterocycles. The molecule has 1 atom stereocenters. The van der Waals surface area contributed by atoms with Crippen LogP contribution in [0.2, 0.25) is 0 Å². The number of rotatable bonds is 1. The van der Waals surface area contributed by atoms with E-state index < -0.39 is 0 Å². The van der Waals surface area contributed by atoms with Crippen LogP contribution >= 0.6 is 0 Å². The van der Waals surface area contributed by atoms with Gasteiger partial charge in [-0.15, -0.1) is 0 Å². The molecule has 4 nitrogen and oxygen atoms in total. The summed E-state index contributed by atoms with van der Waals surface area (Å²) in [4.78, 5) is 16.9. The minimum Gasteiger partial charge on any atom is -0.386 e. The number of amides is 1. The van der Waals surface area contributed by atoms with Crippen molar-refractivity contribution >= 4 is 11.6 Å². The highest BCUT2D eigenvalue weighted by atomic mass is 16.2. The third kappa shape index (κ3) is 2.11. The summed E-state index contributed by atoms with van der Waals surface area (Å²) in [5.41, 5.74) is 3.39. The number of carbonyl (C=O) groups excluding carboxylic acids is 1. The van der Waals surface area contributed by atoms with E-state index in [4.69, 9.17) is 0 Å². The van der Waals surface area contributed by atoms with Crippen molar-refractivity contribution in [1.29, 1.82) is 0 Å². The lowest BCUT2D eigenvalue weighted by Crippen LogP contribution is -2.33. The number of allylic oxidation sites excluding steroid dienone is 1. The van der Waals surface area contributed by atoms with Gasteiger partial charge in [0.1, 0.15) is 5.71 Å². The second-order valence-corrected chi connectivity index (χ2v) is 5.98. The second kappa shape index (κ2) is 4.47. The van der Waals surface area contributed by atoms with Crippen molar-refractivity contribution in [3.8, 4) is 0 Å². The number of nitrogens with one attached hydrogen (secondary N) is 2. The predicted molar refractivity (Wildman–Crippen MR) is 79.5 cm³/mol. The molecule has 0 aromatic heterocycles. The Hall–Kier alpha value is -2.10. The van der Waals surface area contributed by atoms with Gasteiger partial charge in [0.25, 0.3) is 5.91 Å². The fourth-order valence-electron chi connectivity index (χ4n) is 2.72. The number of fused-ring (bicyclic) bond motifs is 1. The summed E-state index contributed by atoms with van der Waals surface area (Å²) in [6.07, 6.45) is 0. The molecular formula is C16H19N3O. The van der Waals surface area contributed by atoms with Gasteiger partial charge < -0.3 is 10.6 Å². The van der Waals surface area contributed by atoms with E-state index in [2.05, 4.69) is 15.6 Å². The first-order valence-electron chi connectivity index (χ1n) is 6.89. The van der Waals surface area contributed by atoms with E-state index in [0.29, 0.717) is 5.71 Å². The molecule has 0 bridgehead atoms. The van der Waals surface area contributed by atoms with Gasteiger partial charge >= 0.3 is 0 Å². The van der Waals surface area contributed by atoms with E-state index in [1.54, 1.807) is 0 Å². The van der Waals surface area contributed by atoms with Crippen molar-refractivity contribution in [2.75, 3.05) is 6.54 Å². The summed E-state index contributed by atoms with van der Waals surface area (Å²) in [6.45, 7) is 6.82. The maximum absolute atomic E-state index is 12.3. The monoisotopic (exact) mass is 269 g/mol. The van der Waals surface area contributed by atoms with Crippen molar-refractivity contribution < 1.29 is 4.79 Å². The smallest absolute Gasteiger partial charge is 0.270 e. The number of hydrogen-bond acceptors (Lipinski definition) is 3. The van der Waals surface area contributed by atoms with Crippen LogP contribution in [0.15, 0.2) is 46.6 Å². The maximum Gasteiger partial charge on any atom is 0.270 e. The van der Waals surface area contributed by atoms with Crippen LogP contribution < -0.4 is 10.6 Å². The van der Waals surface area contributed by atoms with Crippen LogP contribution in [-0.4, -0.2) is 23.7 Å². The highest BCUT2D eigenvalue weighted by Crippen LogP contribution is 2.32. The van der Waals surface area contributed by atoms with Crippen molar-refractivity contribution in [3.63, 3.8) is 0 Å². The second-order valence-electron chi connectivity index (χ2n) is 5.98. The first-order chi connectivity index (χ1) is 9.48. The first-order valence-corrected chi connectivity index (χ1v) is 6.89. The van der Waals surface area contributed by atoms with Crippen LogP contribution in [0.25, 0.3) is 0 Å². The van der Waals surface area contributed by atoms with Gasteiger partial charge in [-0.1, -0.05) is 30.3 Å². The van der Waals surface area contributed by atoms with Gasteiger partial charge in [-0.3, -0.25) is 9.79 Å². The Morgan fingerprint density at radius 2 is 1.95 bits per heavy atom. The van der Waals surface area contributed by atoms with E-state index in [1.807, 2.05) is 51.1 Å². The molecule has 1 unspecified atom stereocenters. The molecule has 104 valence electrons. The van der Waals surface area contributed by atoms with Crippen LogP contribution in [0.4, 0.5) is 0 Å². The minimum atomic E-state index is -0.277. The highest BCUT2D eigenvalue weighted by molar-refractivity contribution is 6.48. The summed E-state index contributed by atoms with van der Waals surface area (Å²) in [6, 6.07) is 9.91. The van der Waals surface area contributed by atoms with Gasteiger partial charge in [-0.2, -0.15) is 0 Å². The summed E-state index contributed by atoms with van der Waals surface area (Å²) < 4.78 is 0. The van der Waals surface area contributed by atoms with Gasteiger partial charge in [0.15, 0.2) is 0 Å². The molecule has 0 spiro atoms. The average Bonchev–Trinajstić information content (AvgIpc) is 2.67. The molecule has 0 saturated carbocycles. The van der Waals surface area contributed by atoms with Gasteiger partial charge in [-0.05, 0) is 26.3 Å². The fraction of sp³-hybridized carbons (Fsp3) is 0.375. The zero-order valence-corrected chi connectivity index (χ0v) is 12.0. The standard InChI is InChI=1S/C16H19N3O/c1-10-12-13(11-7-5-4-6-8-11)18-15(20)14(12)19-16(2,3)9-17-10/h4-8,13,17H,9H2,1-3H3,(H,18,20). The number of carbonyl (C=O) groups is 1. The van der Waals surface area contributed by atoms with Crippen molar-refractivity contribution in [1.82, 2.24) is 10.6 Å². The Labute approximate surface area is 119 Å². The zero-order valence-electron chi connectivity index (χ0n) is 12.0. The molecule has 1 aromatic carbocycles. The summed E-state index contributed by atoms with van der Waals surface area (Å²) in [5.74, 6) is -0.0787. The zero-order chi connectivity index (χ0) is 14.3. The Morgan fingerprint density at radius 3 is 2.65 bits per heavy atom. The Morgan fingerprint density at radius 1 is 1.25 bits per heavy atom. The first kappa shape index (κ1) is 12.9.